The zero-order valence-electron chi connectivity index (χ0n) is 16.0. The highest BCUT2D eigenvalue weighted by Crippen LogP contribution is 2.23. The fraction of sp³-hybridized carbons (Fsp3) is 0.286. The molecule has 0 spiro atoms. The van der Waals surface area contributed by atoms with Crippen molar-refractivity contribution in [1.82, 2.24) is 14.5 Å². The molecule has 30 heavy (non-hydrogen) atoms. The number of halogens is 2. The minimum atomic E-state index is -0.733. The Morgan fingerprint density at radius 3 is 2.90 bits per heavy atom. The van der Waals surface area contributed by atoms with Gasteiger partial charge in [0.25, 0.3) is 5.56 Å². The Morgan fingerprint density at radius 2 is 2.20 bits per heavy atom. The maximum Gasteiger partial charge on any atom is 0.251 e. The Labute approximate surface area is 177 Å². The third-order valence-corrected chi connectivity index (χ3v) is 5.31. The van der Waals surface area contributed by atoms with Crippen molar-refractivity contribution >= 4 is 17.5 Å². The lowest BCUT2D eigenvalue weighted by atomic mass is 10.1. The van der Waals surface area contributed by atoms with Gasteiger partial charge in [-0.15, -0.1) is 0 Å². The molecule has 2 atom stereocenters. The van der Waals surface area contributed by atoms with E-state index in [1.165, 1.54) is 22.8 Å². The quantitative estimate of drug-likeness (QED) is 0.625. The van der Waals surface area contributed by atoms with Crippen molar-refractivity contribution in [2.45, 2.75) is 18.5 Å². The summed E-state index contributed by atoms with van der Waals surface area (Å²) in [6.45, 7) is 0.946. The molecule has 2 aromatic heterocycles. The first-order chi connectivity index (χ1) is 14.5. The lowest BCUT2D eigenvalue weighted by molar-refractivity contribution is 0.195. The molecule has 0 radical (unpaired) electrons. The Balaban J connectivity index is 1.61. The second-order valence-corrected chi connectivity index (χ2v) is 7.41. The second kappa shape index (κ2) is 8.91. The predicted molar refractivity (Wildman–Crippen MR) is 111 cm³/mol. The first-order valence-electron chi connectivity index (χ1n) is 9.51. The van der Waals surface area contributed by atoms with E-state index in [1.54, 1.807) is 30.6 Å². The van der Waals surface area contributed by atoms with Crippen LogP contribution in [0.25, 0.3) is 11.3 Å². The third-order valence-electron chi connectivity index (χ3n) is 5.00. The number of aliphatic hydroxyl groups excluding tert-OH is 1. The maximum absolute atomic E-state index is 13.8. The molecule has 0 saturated carbocycles. The van der Waals surface area contributed by atoms with Gasteiger partial charge < -0.3 is 19.7 Å². The van der Waals surface area contributed by atoms with E-state index in [4.69, 9.17) is 16.3 Å². The second-order valence-electron chi connectivity index (χ2n) is 7.00. The number of aliphatic hydroxyl groups is 1. The zero-order valence-corrected chi connectivity index (χ0v) is 16.7. The summed E-state index contributed by atoms with van der Waals surface area (Å²) in [5, 5.41) is 13.0. The summed E-state index contributed by atoms with van der Waals surface area (Å²) in [5.74, 6) is -0.136. The van der Waals surface area contributed by atoms with Gasteiger partial charge >= 0.3 is 0 Å². The smallest absolute Gasteiger partial charge is 0.251 e. The average molecular weight is 431 g/mol. The Bertz CT molecular complexity index is 1100. The molecule has 1 aromatic carbocycles. The molecule has 0 amide bonds. The van der Waals surface area contributed by atoms with Crippen molar-refractivity contribution < 1.29 is 14.2 Å². The summed E-state index contributed by atoms with van der Waals surface area (Å²) >= 11 is 5.73. The highest BCUT2D eigenvalue weighted by molar-refractivity contribution is 6.30. The number of benzene rings is 1. The highest BCUT2D eigenvalue weighted by atomic mass is 35.5. The minimum absolute atomic E-state index is 0.0181. The number of hydrogen-bond acceptors (Lipinski definition) is 6. The number of aromatic nitrogens is 3. The number of anilines is 1. The van der Waals surface area contributed by atoms with Gasteiger partial charge in [-0.25, -0.2) is 14.4 Å². The Hall–Kier alpha value is -2.81. The van der Waals surface area contributed by atoms with Gasteiger partial charge in [-0.1, -0.05) is 17.7 Å². The number of nitrogens with one attached hydrogen (secondary N) is 1. The molecule has 2 N–H and O–H groups in total. The van der Waals surface area contributed by atoms with Crippen LogP contribution in [-0.2, 0) is 4.74 Å². The number of pyridine rings is 1. The van der Waals surface area contributed by atoms with Crippen LogP contribution in [0.1, 0.15) is 18.0 Å². The normalized spacial score (nSPS) is 17.1. The molecular weight excluding hydrogens is 411 g/mol. The molecule has 4 rings (SSSR count). The first kappa shape index (κ1) is 20.5. The SMILES string of the molecule is O=c1cc(-c2ccnc(N[C@@H]3CCOC3)n2)ccn1C(CO)c1ccc(Cl)c(F)c1. The summed E-state index contributed by atoms with van der Waals surface area (Å²) in [5.41, 5.74) is 1.30. The van der Waals surface area contributed by atoms with E-state index in [1.807, 2.05) is 0 Å². The molecule has 7 nitrogen and oxygen atoms in total. The van der Waals surface area contributed by atoms with Gasteiger partial charge in [0, 0.05) is 30.6 Å². The lowest BCUT2D eigenvalue weighted by Gasteiger charge is -2.18. The lowest BCUT2D eigenvalue weighted by Crippen LogP contribution is -2.27. The largest absolute Gasteiger partial charge is 0.394 e. The Kier molecular flexibility index (Phi) is 6.08. The molecule has 0 bridgehead atoms. The monoisotopic (exact) mass is 430 g/mol. The summed E-state index contributed by atoms with van der Waals surface area (Å²) < 4.78 is 20.5. The minimum Gasteiger partial charge on any atom is -0.394 e. The van der Waals surface area contributed by atoms with Crippen LogP contribution < -0.4 is 10.9 Å². The molecule has 1 fully saturated rings. The van der Waals surface area contributed by atoms with Crippen LogP contribution in [0.4, 0.5) is 10.3 Å². The van der Waals surface area contributed by atoms with Crippen molar-refractivity contribution in [2.75, 3.05) is 25.1 Å². The van der Waals surface area contributed by atoms with Crippen molar-refractivity contribution in [2.24, 2.45) is 0 Å². The van der Waals surface area contributed by atoms with E-state index in [9.17, 15) is 14.3 Å². The average Bonchev–Trinajstić information content (AvgIpc) is 3.25. The van der Waals surface area contributed by atoms with Crippen LogP contribution in [0.3, 0.4) is 0 Å². The summed E-state index contributed by atoms with van der Waals surface area (Å²) in [6, 6.07) is 8.51. The van der Waals surface area contributed by atoms with Crippen LogP contribution in [0.2, 0.25) is 5.02 Å². The fourth-order valence-corrected chi connectivity index (χ4v) is 3.52. The molecule has 1 aliphatic heterocycles. The maximum atomic E-state index is 13.8. The fourth-order valence-electron chi connectivity index (χ4n) is 3.40. The number of nitrogens with zero attached hydrogens (tertiary/aromatic N) is 3. The molecule has 0 aliphatic carbocycles. The predicted octanol–water partition coefficient (Wildman–Crippen LogP) is 2.88. The molecule has 1 aliphatic rings. The van der Waals surface area contributed by atoms with Crippen molar-refractivity contribution in [1.29, 1.82) is 0 Å². The molecular formula is C21H20ClFN4O3. The van der Waals surface area contributed by atoms with Gasteiger partial charge in [-0.05, 0) is 36.2 Å². The summed E-state index contributed by atoms with van der Waals surface area (Å²) in [4.78, 5) is 21.5. The molecule has 9 heteroatoms. The molecule has 156 valence electrons. The number of ether oxygens (including phenoxy) is 1. The van der Waals surface area contributed by atoms with Gasteiger partial charge in [-0.2, -0.15) is 0 Å². The van der Waals surface area contributed by atoms with E-state index in [2.05, 4.69) is 15.3 Å². The van der Waals surface area contributed by atoms with E-state index in [0.717, 1.165) is 6.42 Å². The van der Waals surface area contributed by atoms with Crippen molar-refractivity contribution in [3.63, 3.8) is 0 Å². The van der Waals surface area contributed by atoms with Gasteiger partial charge in [0.15, 0.2) is 0 Å². The molecule has 1 unspecified atom stereocenters. The molecule has 1 saturated heterocycles. The van der Waals surface area contributed by atoms with Crippen molar-refractivity contribution in [3.8, 4) is 11.3 Å². The number of hydrogen-bond donors (Lipinski definition) is 2. The third kappa shape index (κ3) is 4.35. The summed E-state index contributed by atoms with van der Waals surface area (Å²) in [7, 11) is 0. The van der Waals surface area contributed by atoms with E-state index in [0.29, 0.717) is 36.0 Å². The van der Waals surface area contributed by atoms with E-state index >= 15 is 0 Å². The van der Waals surface area contributed by atoms with Crippen molar-refractivity contribution in [3.05, 3.63) is 75.5 Å². The van der Waals surface area contributed by atoms with Gasteiger partial charge in [0.1, 0.15) is 5.82 Å². The molecule has 3 heterocycles. The number of rotatable bonds is 6. The Morgan fingerprint density at radius 1 is 1.33 bits per heavy atom. The van der Waals surface area contributed by atoms with Gasteiger partial charge in [0.05, 0.1) is 36.0 Å². The topological polar surface area (TPSA) is 89.3 Å². The van der Waals surface area contributed by atoms with Gasteiger partial charge in [0.2, 0.25) is 5.95 Å². The van der Waals surface area contributed by atoms with Gasteiger partial charge in [-0.3, -0.25) is 4.79 Å². The zero-order chi connectivity index (χ0) is 21.1. The van der Waals surface area contributed by atoms with Crippen LogP contribution >= 0.6 is 11.6 Å². The van der Waals surface area contributed by atoms with Crippen LogP contribution in [0.15, 0.2) is 53.6 Å². The standard InChI is InChI=1S/C21H20ClFN4O3/c22-16-2-1-14(9-17(16)23)19(11-28)27-7-4-13(10-20(27)29)18-3-6-24-21(26-18)25-15-5-8-30-12-15/h1-4,6-7,9-10,15,19,28H,5,8,11-12H2,(H,24,25,26)/t15-,19?/m1/s1. The van der Waals surface area contributed by atoms with Crippen LogP contribution in [0.5, 0.6) is 0 Å². The van der Waals surface area contributed by atoms with E-state index < -0.39 is 11.9 Å². The van der Waals surface area contributed by atoms with E-state index in [-0.39, 0.29) is 23.2 Å². The summed E-state index contributed by atoms with van der Waals surface area (Å²) in [6.07, 6.45) is 4.07. The highest BCUT2D eigenvalue weighted by Gasteiger charge is 2.18. The van der Waals surface area contributed by atoms with Crippen LogP contribution in [-0.4, -0.2) is 45.5 Å². The van der Waals surface area contributed by atoms with Crippen LogP contribution in [0, 0.1) is 5.82 Å². The first-order valence-corrected chi connectivity index (χ1v) is 9.88. The molecule has 3 aromatic rings.